The first kappa shape index (κ1) is 17.9. The maximum atomic E-state index is 11.6. The molecular weight excluding hydrogens is 355 g/mol. The second-order valence-corrected chi connectivity index (χ2v) is 5.59. The first-order chi connectivity index (χ1) is 11.4. The molecule has 0 spiro atoms. The van der Waals surface area contributed by atoms with Crippen LogP contribution >= 0.6 is 23.4 Å². The minimum Gasteiger partial charge on any atom is -0.287 e. The molecule has 124 valence electrons. The molecule has 0 fully saturated rings. The number of carbonyl (C=O) groups excluding carboxylic acids is 2. The minimum atomic E-state index is -0.734. The van der Waals surface area contributed by atoms with Gasteiger partial charge in [0.05, 0.1) is 6.42 Å². The van der Waals surface area contributed by atoms with Gasteiger partial charge in [0.1, 0.15) is 0 Å². The van der Waals surface area contributed by atoms with Gasteiger partial charge < -0.3 is 0 Å². The Morgan fingerprint density at radius 1 is 1.08 bits per heavy atom. The van der Waals surface area contributed by atoms with Gasteiger partial charge in [0.15, 0.2) is 0 Å². The van der Waals surface area contributed by atoms with Crippen LogP contribution in [0.25, 0.3) is 11.1 Å². The number of hydrogen-bond donors (Lipinski definition) is 1. The summed E-state index contributed by atoms with van der Waals surface area (Å²) < 4.78 is 0. The molecule has 0 radical (unpaired) electrons. The summed E-state index contributed by atoms with van der Waals surface area (Å²) in [4.78, 5) is 34.6. The lowest BCUT2D eigenvalue weighted by Crippen LogP contribution is -2.15. The molecule has 2 aromatic carbocycles. The molecule has 0 aromatic heterocycles. The third-order valence-electron chi connectivity index (χ3n) is 3.32. The van der Waals surface area contributed by atoms with E-state index in [9.17, 15) is 19.7 Å². The van der Waals surface area contributed by atoms with Crippen molar-refractivity contribution in [1.82, 2.24) is 4.84 Å². The lowest BCUT2D eigenvalue weighted by atomic mass is 10.0. The Morgan fingerprint density at radius 3 is 2.25 bits per heavy atom. The summed E-state index contributed by atoms with van der Waals surface area (Å²) >= 11 is 11.4. The Morgan fingerprint density at radius 2 is 1.71 bits per heavy atom. The van der Waals surface area contributed by atoms with Gasteiger partial charge >= 0.3 is 0 Å². The Balaban J connectivity index is 2.20. The molecule has 24 heavy (non-hydrogen) atoms. The summed E-state index contributed by atoms with van der Waals surface area (Å²) in [6, 6.07) is 11.6. The molecule has 1 amide bonds. The van der Waals surface area contributed by atoms with Gasteiger partial charge in [0, 0.05) is 27.3 Å². The van der Waals surface area contributed by atoms with Gasteiger partial charge in [0.25, 0.3) is 6.54 Å². The van der Waals surface area contributed by atoms with Crippen LogP contribution in [0.1, 0.15) is 15.9 Å². The van der Waals surface area contributed by atoms with Gasteiger partial charge in [-0.1, -0.05) is 48.0 Å². The zero-order valence-corrected chi connectivity index (χ0v) is 13.8. The van der Waals surface area contributed by atoms with E-state index in [1.807, 2.05) is 4.84 Å². The number of ketones is 1. The number of carbonyl (C=O) groups is 2. The Bertz CT molecular complexity index is 791. The van der Waals surface area contributed by atoms with E-state index in [0.29, 0.717) is 10.6 Å². The van der Waals surface area contributed by atoms with E-state index >= 15 is 0 Å². The smallest absolute Gasteiger partial charge is 0.265 e. The van der Waals surface area contributed by atoms with Crippen LogP contribution in [0, 0.1) is 10.1 Å². The molecule has 0 saturated heterocycles. The first-order valence-corrected chi connectivity index (χ1v) is 7.59. The van der Waals surface area contributed by atoms with Crippen molar-refractivity contribution in [1.29, 1.82) is 0 Å². The number of Topliss-reactive ketones (excluding diaryl/α,β-unsaturated/α-hetero) is 1. The first-order valence-electron chi connectivity index (χ1n) is 6.84. The molecule has 0 saturated carbocycles. The molecule has 0 bridgehead atoms. The topological polar surface area (TPSA) is 89.3 Å². The standard InChI is InChI=1S/C16H12Cl2N2O4/c17-14-7-12(5-6-13(14)8-16(22)19-18)10-1-3-11(4-2-10)15(21)9-20(23)24/h1-7H,8-9H2,(H,19,22). The van der Waals surface area contributed by atoms with Crippen LogP contribution in [0.3, 0.4) is 0 Å². The molecule has 0 aliphatic rings. The molecule has 0 heterocycles. The van der Waals surface area contributed by atoms with Crippen LogP contribution in [0.15, 0.2) is 42.5 Å². The third-order valence-corrected chi connectivity index (χ3v) is 3.89. The van der Waals surface area contributed by atoms with Crippen LogP contribution in [0.4, 0.5) is 0 Å². The van der Waals surface area contributed by atoms with Gasteiger partial charge in [-0.05, 0) is 22.8 Å². The molecule has 2 rings (SSSR count). The summed E-state index contributed by atoms with van der Waals surface area (Å²) in [5.41, 5.74) is 2.50. The van der Waals surface area contributed by atoms with Crippen molar-refractivity contribution in [3.05, 3.63) is 68.7 Å². The Hall–Kier alpha value is -2.44. The van der Waals surface area contributed by atoms with Crippen LogP contribution in [-0.2, 0) is 11.2 Å². The van der Waals surface area contributed by atoms with Crippen molar-refractivity contribution in [3.63, 3.8) is 0 Å². The molecule has 8 heteroatoms. The van der Waals surface area contributed by atoms with Crippen molar-refractivity contribution in [2.75, 3.05) is 6.54 Å². The number of nitrogens with zero attached hydrogens (tertiary/aromatic N) is 1. The predicted molar refractivity (Wildman–Crippen MR) is 90.8 cm³/mol. The summed E-state index contributed by atoms with van der Waals surface area (Å²) in [5, 5.41) is 10.8. The molecule has 0 aliphatic carbocycles. The number of hydrogen-bond acceptors (Lipinski definition) is 4. The van der Waals surface area contributed by atoms with Crippen molar-refractivity contribution in [2.45, 2.75) is 6.42 Å². The highest BCUT2D eigenvalue weighted by Gasteiger charge is 2.13. The minimum absolute atomic E-state index is 0.0664. The summed E-state index contributed by atoms with van der Waals surface area (Å²) in [6.07, 6.45) is 0.0664. The van der Waals surface area contributed by atoms with Crippen molar-refractivity contribution >= 4 is 35.1 Å². The lowest BCUT2D eigenvalue weighted by molar-refractivity contribution is -0.465. The molecule has 1 N–H and O–H groups in total. The number of amides is 1. The van der Waals surface area contributed by atoms with E-state index < -0.39 is 17.3 Å². The average molecular weight is 367 g/mol. The van der Waals surface area contributed by atoms with Gasteiger partial charge in [0.2, 0.25) is 11.7 Å². The SMILES string of the molecule is O=C(Cc1ccc(-c2ccc(C(=O)C[N+](=O)[O-])cc2)cc1Cl)NCl. The number of nitrogens with one attached hydrogen (secondary N) is 1. The fraction of sp³-hybridized carbons (Fsp3) is 0.125. The van der Waals surface area contributed by atoms with Gasteiger partial charge in [-0.15, -0.1) is 0 Å². The highest BCUT2D eigenvalue weighted by atomic mass is 35.5. The van der Waals surface area contributed by atoms with Crippen LogP contribution in [0.5, 0.6) is 0 Å². The van der Waals surface area contributed by atoms with Crippen molar-refractivity contribution in [3.8, 4) is 11.1 Å². The number of benzene rings is 2. The number of nitro groups is 1. The van der Waals surface area contributed by atoms with E-state index in [-0.39, 0.29) is 17.9 Å². The Kier molecular flexibility index (Phi) is 5.89. The predicted octanol–water partition coefficient (Wildman–Crippen LogP) is 3.28. The van der Waals surface area contributed by atoms with Crippen LogP contribution in [-0.4, -0.2) is 23.2 Å². The quantitative estimate of drug-likeness (QED) is 0.367. The monoisotopic (exact) mass is 366 g/mol. The van der Waals surface area contributed by atoms with Crippen LogP contribution in [0.2, 0.25) is 5.02 Å². The van der Waals surface area contributed by atoms with E-state index in [4.69, 9.17) is 23.4 Å². The Labute approximate surface area is 147 Å². The zero-order valence-electron chi connectivity index (χ0n) is 12.3. The van der Waals surface area contributed by atoms with Crippen molar-refractivity contribution < 1.29 is 14.5 Å². The number of rotatable bonds is 6. The summed E-state index contributed by atoms with van der Waals surface area (Å²) in [5.74, 6) is -0.910. The maximum absolute atomic E-state index is 11.6. The largest absolute Gasteiger partial charge is 0.287 e. The molecule has 2 aromatic rings. The molecule has 0 atom stereocenters. The third kappa shape index (κ3) is 4.53. The second kappa shape index (κ2) is 7.90. The van der Waals surface area contributed by atoms with E-state index in [2.05, 4.69) is 0 Å². The molecule has 0 unspecified atom stereocenters. The second-order valence-electron chi connectivity index (χ2n) is 4.99. The summed E-state index contributed by atoms with van der Waals surface area (Å²) in [7, 11) is 0. The van der Waals surface area contributed by atoms with Crippen LogP contribution < -0.4 is 4.84 Å². The zero-order chi connectivity index (χ0) is 17.7. The summed E-state index contributed by atoms with van der Waals surface area (Å²) in [6.45, 7) is -0.734. The van der Waals surface area contributed by atoms with E-state index in [1.165, 1.54) is 12.1 Å². The lowest BCUT2D eigenvalue weighted by Gasteiger charge is -2.07. The van der Waals surface area contributed by atoms with E-state index in [1.54, 1.807) is 30.3 Å². The highest BCUT2D eigenvalue weighted by molar-refractivity contribution is 6.32. The van der Waals surface area contributed by atoms with Gasteiger partial charge in [-0.2, -0.15) is 0 Å². The fourth-order valence-corrected chi connectivity index (χ4v) is 2.45. The van der Waals surface area contributed by atoms with Gasteiger partial charge in [-0.3, -0.25) is 24.5 Å². The van der Waals surface area contributed by atoms with Gasteiger partial charge in [-0.25, -0.2) is 0 Å². The highest BCUT2D eigenvalue weighted by Crippen LogP contribution is 2.26. The maximum Gasteiger partial charge on any atom is 0.265 e. The molecule has 6 nitrogen and oxygen atoms in total. The molecular formula is C16H12Cl2N2O4. The molecule has 0 aliphatic heterocycles. The normalized spacial score (nSPS) is 10.2. The number of halogens is 2. The van der Waals surface area contributed by atoms with E-state index in [0.717, 1.165) is 11.1 Å². The fourth-order valence-electron chi connectivity index (χ4n) is 2.13. The van der Waals surface area contributed by atoms with Crippen molar-refractivity contribution in [2.24, 2.45) is 0 Å². The average Bonchev–Trinajstić information content (AvgIpc) is 2.56.